The van der Waals surface area contributed by atoms with E-state index in [1.54, 1.807) is 6.07 Å². The molecule has 0 saturated heterocycles. The van der Waals surface area contributed by atoms with Crippen LogP contribution >= 0.6 is 0 Å². The Morgan fingerprint density at radius 1 is 1.05 bits per heavy atom. The number of fused-ring (bicyclic) bond motifs is 1. The van der Waals surface area contributed by atoms with Crippen molar-refractivity contribution >= 4 is 24.1 Å². The summed E-state index contributed by atoms with van der Waals surface area (Å²) in [7, 11) is 1.41. The first-order valence-electron chi connectivity index (χ1n) is 6.24. The van der Waals surface area contributed by atoms with E-state index in [2.05, 4.69) is 0 Å². The van der Waals surface area contributed by atoms with Gasteiger partial charge in [0.25, 0.3) is 0 Å². The quantitative estimate of drug-likeness (QED) is 0.552. The van der Waals surface area contributed by atoms with Crippen molar-refractivity contribution in [3.05, 3.63) is 52.7 Å². The molecule has 0 fully saturated rings. The molecule has 1 aromatic heterocycles. The molecular formula is C16H12O4Se. The molecule has 3 aromatic rings. The molecule has 5 heteroatoms. The van der Waals surface area contributed by atoms with Gasteiger partial charge in [0.1, 0.15) is 0 Å². The van der Waals surface area contributed by atoms with Crippen LogP contribution in [0.4, 0.5) is 0 Å². The van der Waals surface area contributed by atoms with Crippen molar-refractivity contribution in [2.45, 2.75) is 0 Å². The van der Waals surface area contributed by atoms with Gasteiger partial charge in [0.2, 0.25) is 0 Å². The molecule has 0 saturated carbocycles. The van der Waals surface area contributed by atoms with Gasteiger partial charge in [-0.1, -0.05) is 0 Å². The van der Waals surface area contributed by atoms with E-state index in [0.29, 0.717) is 4.26 Å². The van der Waals surface area contributed by atoms with E-state index in [1.807, 2.05) is 30.3 Å². The summed E-state index contributed by atoms with van der Waals surface area (Å²) in [5.41, 5.74) is 0.690. The molecule has 4 nitrogen and oxygen atoms in total. The number of methoxy groups -OCH3 is 1. The van der Waals surface area contributed by atoms with Gasteiger partial charge in [-0.15, -0.1) is 0 Å². The third-order valence-corrected chi connectivity index (χ3v) is 5.55. The number of phenolic OH excluding ortho intramolecular Hbond substituents is 2. The van der Waals surface area contributed by atoms with E-state index in [4.69, 9.17) is 4.74 Å². The number of benzene rings is 2. The van der Waals surface area contributed by atoms with Crippen LogP contribution in [-0.2, 0) is 0 Å². The Hall–Kier alpha value is -2.23. The summed E-state index contributed by atoms with van der Waals surface area (Å²) in [5, 5.41) is 20.0. The van der Waals surface area contributed by atoms with Gasteiger partial charge < -0.3 is 0 Å². The zero-order valence-corrected chi connectivity index (χ0v) is 12.9. The van der Waals surface area contributed by atoms with Crippen LogP contribution in [-0.4, -0.2) is 31.8 Å². The average molecular weight is 347 g/mol. The van der Waals surface area contributed by atoms with Crippen LogP contribution in [0, 0.1) is 0 Å². The monoisotopic (exact) mass is 348 g/mol. The first kappa shape index (κ1) is 13.7. The third kappa shape index (κ3) is 2.31. The summed E-state index contributed by atoms with van der Waals surface area (Å²) in [5.74, 6) is -0.619. The Morgan fingerprint density at radius 3 is 2.43 bits per heavy atom. The second-order valence-electron chi connectivity index (χ2n) is 4.49. The molecule has 21 heavy (non-hydrogen) atoms. The van der Waals surface area contributed by atoms with E-state index >= 15 is 0 Å². The second kappa shape index (κ2) is 5.28. The van der Waals surface area contributed by atoms with Crippen molar-refractivity contribution in [1.82, 2.24) is 0 Å². The number of phenols is 2. The van der Waals surface area contributed by atoms with Crippen molar-refractivity contribution in [2.75, 3.05) is 7.11 Å². The maximum atomic E-state index is 12.3. The second-order valence-corrected chi connectivity index (χ2v) is 6.76. The molecular weight excluding hydrogens is 335 g/mol. The molecule has 2 aromatic carbocycles. The fraction of sp³-hybridized carbons (Fsp3) is 0.0625. The van der Waals surface area contributed by atoms with E-state index in [9.17, 15) is 15.0 Å². The van der Waals surface area contributed by atoms with E-state index < -0.39 is 11.5 Å². The van der Waals surface area contributed by atoms with Gasteiger partial charge in [0, 0.05) is 0 Å². The Morgan fingerprint density at radius 2 is 1.76 bits per heavy atom. The Labute approximate surface area is 126 Å². The topological polar surface area (TPSA) is 66.8 Å². The molecule has 0 aliphatic carbocycles. The molecule has 0 amide bonds. The molecule has 0 aliphatic rings. The minimum absolute atomic E-state index is 0.150. The molecule has 1 heterocycles. The first-order chi connectivity index (χ1) is 10.1. The maximum absolute atomic E-state index is 12.3. The van der Waals surface area contributed by atoms with Crippen molar-refractivity contribution in [1.29, 1.82) is 0 Å². The van der Waals surface area contributed by atoms with Gasteiger partial charge in [-0.05, 0) is 0 Å². The number of hydrogen-bond acceptors (Lipinski definition) is 4. The van der Waals surface area contributed by atoms with Crippen LogP contribution in [0.2, 0.25) is 0 Å². The average Bonchev–Trinajstić information content (AvgIpc) is 2.51. The molecule has 0 bridgehead atoms. The van der Waals surface area contributed by atoms with Gasteiger partial charge in [0.15, 0.2) is 0 Å². The van der Waals surface area contributed by atoms with Crippen LogP contribution in [0.15, 0.2) is 47.3 Å². The van der Waals surface area contributed by atoms with Crippen molar-refractivity contribution in [3.8, 4) is 27.2 Å². The van der Waals surface area contributed by atoms with Crippen LogP contribution in [0.25, 0.3) is 19.6 Å². The van der Waals surface area contributed by atoms with Gasteiger partial charge in [0.05, 0.1) is 0 Å². The summed E-state index contributed by atoms with van der Waals surface area (Å²) in [6.07, 6.45) is 0. The molecule has 3 rings (SSSR count). The predicted molar refractivity (Wildman–Crippen MR) is 82.5 cm³/mol. The minimum atomic E-state index is -0.403. The first-order valence-corrected chi connectivity index (χ1v) is 7.95. The third-order valence-electron chi connectivity index (χ3n) is 3.21. The summed E-state index contributed by atoms with van der Waals surface area (Å²) < 4.78 is 6.68. The van der Waals surface area contributed by atoms with Crippen LogP contribution in [0.3, 0.4) is 0 Å². The molecule has 0 spiro atoms. The summed E-state index contributed by atoms with van der Waals surface area (Å²) in [6.45, 7) is 0. The number of rotatable bonds is 2. The Balaban J connectivity index is 2.35. The summed E-state index contributed by atoms with van der Waals surface area (Å²) in [6, 6.07) is 12.8. The summed E-state index contributed by atoms with van der Waals surface area (Å²) in [4.78, 5) is 12.3. The normalized spacial score (nSPS) is 10.7. The summed E-state index contributed by atoms with van der Waals surface area (Å²) >= 11 is -0.150. The zero-order chi connectivity index (χ0) is 15.0. The zero-order valence-electron chi connectivity index (χ0n) is 11.2. The van der Waals surface area contributed by atoms with Gasteiger partial charge in [-0.2, -0.15) is 0 Å². The molecule has 2 N–H and O–H groups in total. The Kier molecular flexibility index (Phi) is 3.45. The number of aromatic hydroxyl groups is 2. The van der Waals surface area contributed by atoms with Crippen LogP contribution in [0.5, 0.6) is 17.2 Å². The fourth-order valence-electron chi connectivity index (χ4n) is 2.17. The van der Waals surface area contributed by atoms with Crippen molar-refractivity contribution < 1.29 is 14.9 Å². The van der Waals surface area contributed by atoms with Crippen molar-refractivity contribution in [3.63, 3.8) is 0 Å². The molecule has 0 atom stereocenters. The van der Waals surface area contributed by atoms with E-state index in [-0.39, 0.29) is 31.1 Å². The molecule has 0 unspecified atom stereocenters. The van der Waals surface area contributed by atoms with Crippen LogP contribution < -0.4 is 10.2 Å². The van der Waals surface area contributed by atoms with Gasteiger partial charge >= 0.3 is 126 Å². The molecule has 0 aliphatic heterocycles. The Bertz CT molecular complexity index is 869. The molecule has 106 valence electrons. The van der Waals surface area contributed by atoms with Gasteiger partial charge in [-0.25, -0.2) is 0 Å². The van der Waals surface area contributed by atoms with E-state index in [1.165, 1.54) is 13.2 Å². The van der Waals surface area contributed by atoms with Gasteiger partial charge in [-0.3, -0.25) is 0 Å². The number of ether oxygens (including phenoxy) is 1. The fourth-order valence-corrected chi connectivity index (χ4v) is 4.52. The standard InChI is InChI=1S/C16H12O4Se/c1-20-11-8-13-14(16(19)15(11)18)10(17)7-12(21-13)9-5-3-2-4-6-9/h2-8,18-19H,1H3. The van der Waals surface area contributed by atoms with Crippen molar-refractivity contribution in [2.24, 2.45) is 0 Å². The number of hydrogen-bond donors (Lipinski definition) is 2. The predicted octanol–water partition coefficient (Wildman–Crippen LogP) is 2.34. The molecule has 0 radical (unpaired) electrons. The van der Waals surface area contributed by atoms with E-state index in [0.717, 1.165) is 10.0 Å². The SMILES string of the molecule is COc1cc2[se]c(-c3ccccc3)cc(=O)c2c(O)c1O. The van der Waals surface area contributed by atoms with Crippen LogP contribution in [0.1, 0.15) is 0 Å².